The van der Waals surface area contributed by atoms with Crippen molar-refractivity contribution in [1.82, 2.24) is 10.0 Å². The molecule has 6 nitrogen and oxygen atoms in total. The Morgan fingerprint density at radius 1 is 1.40 bits per heavy atom. The summed E-state index contributed by atoms with van der Waals surface area (Å²) in [4.78, 5) is 11.1. The molecule has 0 heterocycles. The number of nitrogens with one attached hydrogen (secondary N) is 2. The Balaban J connectivity index is 2.95. The summed E-state index contributed by atoms with van der Waals surface area (Å²) < 4.78 is 30.7. The average Bonchev–Trinajstić information content (AvgIpc) is 2.46. The minimum absolute atomic E-state index is 0.0887. The Kier molecular flexibility index (Phi) is 6.12. The van der Waals surface area contributed by atoms with Crippen molar-refractivity contribution in [3.63, 3.8) is 0 Å². The molecule has 0 aliphatic heterocycles. The van der Waals surface area contributed by atoms with Crippen molar-refractivity contribution in [3.05, 3.63) is 29.8 Å². The van der Waals surface area contributed by atoms with Gasteiger partial charge in [0, 0.05) is 6.04 Å². The summed E-state index contributed by atoms with van der Waals surface area (Å²) in [7, 11) is -0.688. The van der Waals surface area contributed by atoms with Crippen LogP contribution in [0.2, 0.25) is 0 Å². The number of carbonyl (C=O) groups is 1. The molecule has 7 heteroatoms. The number of methoxy groups -OCH3 is 1. The number of hydrogen-bond donors (Lipinski definition) is 2. The lowest BCUT2D eigenvalue weighted by Crippen LogP contribution is -2.30. The van der Waals surface area contributed by atoms with Gasteiger partial charge in [0.15, 0.2) is 0 Å². The molecule has 1 atom stereocenters. The number of carbonyl (C=O) groups excluding carboxylic acids is 1. The molecule has 0 bridgehead atoms. The van der Waals surface area contributed by atoms with Gasteiger partial charge in [-0.1, -0.05) is 19.1 Å². The summed E-state index contributed by atoms with van der Waals surface area (Å²) in [6, 6.07) is 6.73. The minimum Gasteiger partial charge on any atom is -0.468 e. The van der Waals surface area contributed by atoms with Crippen LogP contribution in [0.15, 0.2) is 29.2 Å². The lowest BCUT2D eigenvalue weighted by molar-refractivity contribution is -0.139. The zero-order chi connectivity index (χ0) is 15.2. The molecule has 0 amide bonds. The van der Waals surface area contributed by atoms with Crippen LogP contribution < -0.4 is 10.0 Å². The van der Waals surface area contributed by atoms with Crippen molar-refractivity contribution < 1.29 is 17.9 Å². The van der Waals surface area contributed by atoms with Crippen molar-refractivity contribution in [2.75, 3.05) is 20.7 Å². The van der Waals surface area contributed by atoms with Crippen LogP contribution in [-0.2, 0) is 19.6 Å². The maximum absolute atomic E-state index is 12.1. The molecular weight excluding hydrogens is 280 g/mol. The van der Waals surface area contributed by atoms with E-state index in [0.717, 1.165) is 12.0 Å². The molecule has 0 aromatic heterocycles. The molecule has 0 radical (unpaired) electrons. The first-order chi connectivity index (χ1) is 9.44. The maximum atomic E-state index is 12.1. The van der Waals surface area contributed by atoms with E-state index in [1.807, 2.05) is 20.0 Å². The van der Waals surface area contributed by atoms with Crippen molar-refractivity contribution in [3.8, 4) is 0 Å². The smallest absolute Gasteiger partial charge is 0.320 e. The van der Waals surface area contributed by atoms with Gasteiger partial charge in [-0.3, -0.25) is 4.79 Å². The van der Waals surface area contributed by atoms with E-state index in [1.165, 1.54) is 13.2 Å². The van der Waals surface area contributed by atoms with E-state index in [1.54, 1.807) is 12.1 Å². The van der Waals surface area contributed by atoms with Gasteiger partial charge in [-0.15, -0.1) is 0 Å². The Morgan fingerprint density at radius 3 is 2.65 bits per heavy atom. The second-order valence-electron chi connectivity index (χ2n) is 4.22. The van der Waals surface area contributed by atoms with E-state index in [-0.39, 0.29) is 17.5 Å². The first-order valence-electron chi connectivity index (χ1n) is 6.28. The third kappa shape index (κ3) is 4.29. The molecule has 2 N–H and O–H groups in total. The topological polar surface area (TPSA) is 84.5 Å². The van der Waals surface area contributed by atoms with Crippen molar-refractivity contribution in [2.24, 2.45) is 0 Å². The van der Waals surface area contributed by atoms with Crippen LogP contribution in [0, 0.1) is 0 Å². The average molecular weight is 300 g/mol. The Morgan fingerprint density at radius 2 is 2.10 bits per heavy atom. The highest BCUT2D eigenvalue weighted by molar-refractivity contribution is 7.89. The molecular formula is C13H20N2O4S. The number of sulfonamides is 1. The molecule has 1 rings (SSSR count). The highest BCUT2D eigenvalue weighted by Crippen LogP contribution is 2.19. The summed E-state index contributed by atoms with van der Waals surface area (Å²) in [5, 5.41) is 3.12. The summed E-state index contributed by atoms with van der Waals surface area (Å²) in [6.07, 6.45) is 0.843. The van der Waals surface area contributed by atoms with E-state index in [4.69, 9.17) is 0 Å². The fourth-order valence-corrected chi connectivity index (χ4v) is 2.84. The van der Waals surface area contributed by atoms with E-state index in [0.29, 0.717) is 0 Å². The van der Waals surface area contributed by atoms with E-state index in [2.05, 4.69) is 14.8 Å². The van der Waals surface area contributed by atoms with Crippen molar-refractivity contribution in [2.45, 2.75) is 24.3 Å². The number of esters is 1. The number of rotatable bonds is 7. The van der Waals surface area contributed by atoms with Gasteiger partial charge in [-0.25, -0.2) is 8.42 Å². The first kappa shape index (κ1) is 16.6. The van der Waals surface area contributed by atoms with Crippen LogP contribution in [0.4, 0.5) is 0 Å². The molecule has 0 saturated carbocycles. The summed E-state index contributed by atoms with van der Waals surface area (Å²) >= 11 is 0. The predicted octanol–water partition coefficient (Wildman–Crippen LogP) is 0.808. The largest absolute Gasteiger partial charge is 0.468 e. The summed E-state index contributed by atoms with van der Waals surface area (Å²) in [5.74, 6) is -0.633. The second kappa shape index (κ2) is 7.37. The van der Waals surface area contributed by atoms with Crippen LogP contribution in [0.5, 0.6) is 0 Å². The lowest BCUT2D eigenvalue weighted by Gasteiger charge is -2.15. The monoisotopic (exact) mass is 300 g/mol. The second-order valence-corrected chi connectivity index (χ2v) is 5.99. The standard InChI is InChI=1S/C13H20N2O4S/c1-4-12(14-2)10-6-5-7-11(8-10)20(17,18)15-9-13(16)19-3/h5-8,12,14-15H,4,9H2,1-3H3. The number of ether oxygens (including phenoxy) is 1. The van der Waals surface area contributed by atoms with Gasteiger partial charge >= 0.3 is 5.97 Å². The molecule has 0 fully saturated rings. The molecule has 0 aliphatic rings. The molecule has 1 aromatic rings. The van der Waals surface area contributed by atoms with Gasteiger partial charge in [0.1, 0.15) is 6.54 Å². The highest BCUT2D eigenvalue weighted by atomic mass is 32.2. The van der Waals surface area contributed by atoms with Gasteiger partial charge < -0.3 is 10.1 Å². The van der Waals surface area contributed by atoms with Crippen LogP contribution >= 0.6 is 0 Å². The van der Waals surface area contributed by atoms with E-state index < -0.39 is 16.0 Å². The van der Waals surface area contributed by atoms with Gasteiger partial charge in [0.25, 0.3) is 0 Å². The Hall–Kier alpha value is -1.44. The van der Waals surface area contributed by atoms with Crippen molar-refractivity contribution >= 4 is 16.0 Å². The van der Waals surface area contributed by atoms with E-state index >= 15 is 0 Å². The van der Waals surface area contributed by atoms with E-state index in [9.17, 15) is 13.2 Å². The summed E-state index contributed by atoms with van der Waals surface area (Å²) in [5.41, 5.74) is 0.885. The van der Waals surface area contributed by atoms with Gasteiger partial charge in [-0.05, 0) is 31.2 Å². The fraction of sp³-hybridized carbons (Fsp3) is 0.462. The maximum Gasteiger partial charge on any atom is 0.320 e. The molecule has 20 heavy (non-hydrogen) atoms. The molecule has 112 valence electrons. The Bertz CT molecular complexity index is 553. The minimum atomic E-state index is -3.72. The Labute approximate surface area is 119 Å². The van der Waals surface area contributed by atoms with Crippen LogP contribution in [0.1, 0.15) is 24.9 Å². The fourth-order valence-electron chi connectivity index (χ4n) is 1.81. The SMILES string of the molecule is CCC(NC)c1cccc(S(=O)(=O)NCC(=O)OC)c1. The third-order valence-electron chi connectivity index (χ3n) is 2.96. The molecule has 1 unspecified atom stereocenters. The van der Waals surface area contributed by atoms with Gasteiger partial charge in [-0.2, -0.15) is 4.72 Å². The highest BCUT2D eigenvalue weighted by Gasteiger charge is 2.17. The molecule has 0 saturated heterocycles. The number of benzene rings is 1. The number of hydrogen-bond acceptors (Lipinski definition) is 5. The molecule has 1 aromatic carbocycles. The quantitative estimate of drug-likeness (QED) is 0.728. The van der Waals surface area contributed by atoms with Gasteiger partial charge in [0.05, 0.1) is 12.0 Å². The van der Waals surface area contributed by atoms with Crippen LogP contribution in [0.3, 0.4) is 0 Å². The van der Waals surface area contributed by atoms with Crippen LogP contribution in [-0.4, -0.2) is 35.1 Å². The summed E-state index contributed by atoms with van der Waals surface area (Å²) in [6.45, 7) is 1.63. The molecule has 0 spiro atoms. The molecule has 0 aliphatic carbocycles. The predicted molar refractivity (Wildman–Crippen MR) is 75.7 cm³/mol. The van der Waals surface area contributed by atoms with Crippen LogP contribution in [0.25, 0.3) is 0 Å². The zero-order valence-electron chi connectivity index (χ0n) is 11.8. The first-order valence-corrected chi connectivity index (χ1v) is 7.76. The third-order valence-corrected chi connectivity index (χ3v) is 4.36. The van der Waals surface area contributed by atoms with Gasteiger partial charge in [0.2, 0.25) is 10.0 Å². The zero-order valence-corrected chi connectivity index (χ0v) is 12.7. The lowest BCUT2D eigenvalue weighted by atomic mass is 10.1. The normalized spacial score (nSPS) is 12.9. The van der Waals surface area contributed by atoms with Crippen molar-refractivity contribution in [1.29, 1.82) is 0 Å².